The van der Waals surface area contributed by atoms with Crippen LogP contribution in [0.3, 0.4) is 0 Å². The highest BCUT2D eigenvalue weighted by Gasteiger charge is 2.49. The first-order chi connectivity index (χ1) is 14.6. The number of rotatable bonds is 5. The molecule has 0 spiro atoms. The molecule has 1 aliphatic carbocycles. The molecule has 3 saturated heterocycles. The molecule has 0 N–H and O–H groups in total. The third-order valence-corrected chi connectivity index (χ3v) is 7.64. The van der Waals surface area contributed by atoms with E-state index in [1.165, 1.54) is 12.8 Å². The molecule has 1 saturated carbocycles. The van der Waals surface area contributed by atoms with Crippen molar-refractivity contribution in [3.8, 4) is 0 Å². The molecule has 3 amide bonds. The molecule has 0 bridgehead atoms. The highest BCUT2D eigenvalue weighted by Crippen LogP contribution is 2.37. The number of likely N-dealkylation sites (tertiary alicyclic amines) is 2. The maximum atomic E-state index is 13.2. The van der Waals surface area contributed by atoms with Crippen LogP contribution in [0, 0.1) is 0 Å². The van der Waals surface area contributed by atoms with Crippen LogP contribution in [0.5, 0.6) is 0 Å². The van der Waals surface area contributed by atoms with E-state index >= 15 is 0 Å². The van der Waals surface area contributed by atoms with Crippen molar-refractivity contribution >= 4 is 12.1 Å². The van der Waals surface area contributed by atoms with Crippen LogP contribution in [0.25, 0.3) is 0 Å². The molecule has 4 fully saturated rings. The minimum Gasteiger partial charge on any atom is -0.450 e. The summed E-state index contributed by atoms with van der Waals surface area (Å²) in [6.07, 6.45) is 10.6. The fourth-order valence-electron chi connectivity index (χ4n) is 6.15. The second kappa shape index (κ2) is 9.58. The predicted molar refractivity (Wildman–Crippen MR) is 116 cm³/mol. The van der Waals surface area contributed by atoms with Gasteiger partial charge in [0, 0.05) is 44.8 Å². The maximum Gasteiger partial charge on any atom is 0.409 e. The van der Waals surface area contributed by atoms with Crippen LogP contribution >= 0.6 is 0 Å². The van der Waals surface area contributed by atoms with Gasteiger partial charge in [0.15, 0.2) is 0 Å². The summed E-state index contributed by atoms with van der Waals surface area (Å²) in [6.45, 7) is 10.5. The van der Waals surface area contributed by atoms with E-state index in [0.29, 0.717) is 37.3 Å². The lowest BCUT2D eigenvalue weighted by atomic mass is 9.88. The van der Waals surface area contributed by atoms with E-state index in [4.69, 9.17) is 4.74 Å². The number of fused-ring (bicyclic) bond motifs is 1. The molecule has 0 aromatic heterocycles. The van der Waals surface area contributed by atoms with Crippen LogP contribution in [0.15, 0.2) is 12.7 Å². The zero-order valence-electron chi connectivity index (χ0n) is 18.5. The molecule has 4 aliphatic rings. The van der Waals surface area contributed by atoms with Crippen molar-refractivity contribution in [1.82, 2.24) is 19.6 Å². The van der Waals surface area contributed by atoms with Crippen molar-refractivity contribution in [1.29, 1.82) is 0 Å². The molecule has 7 heteroatoms. The van der Waals surface area contributed by atoms with Gasteiger partial charge >= 0.3 is 12.1 Å². The number of carbonyl (C=O) groups is 2. The fraction of sp³-hybridized carbons (Fsp3) is 0.826. The lowest BCUT2D eigenvalue weighted by molar-refractivity contribution is 0.0490. The zero-order valence-corrected chi connectivity index (χ0v) is 18.5. The van der Waals surface area contributed by atoms with Crippen molar-refractivity contribution in [2.75, 3.05) is 39.3 Å². The first kappa shape index (κ1) is 21.5. The molecule has 2 atom stereocenters. The number of amides is 3. The van der Waals surface area contributed by atoms with E-state index in [9.17, 15) is 9.59 Å². The van der Waals surface area contributed by atoms with Gasteiger partial charge in [-0.3, -0.25) is 0 Å². The van der Waals surface area contributed by atoms with Crippen molar-refractivity contribution in [3.05, 3.63) is 12.7 Å². The van der Waals surface area contributed by atoms with Gasteiger partial charge in [0.05, 0.1) is 18.7 Å². The Morgan fingerprint density at radius 2 is 1.63 bits per heavy atom. The Kier molecular flexibility index (Phi) is 6.86. The summed E-state index contributed by atoms with van der Waals surface area (Å²) in [5.41, 5.74) is 0. The zero-order chi connectivity index (χ0) is 21.1. The average Bonchev–Trinajstić information content (AvgIpc) is 3.06. The van der Waals surface area contributed by atoms with Crippen LogP contribution in [-0.4, -0.2) is 95.2 Å². The fourth-order valence-corrected chi connectivity index (χ4v) is 6.15. The highest BCUT2D eigenvalue weighted by molar-refractivity contribution is 5.78. The molecule has 0 aromatic rings. The molecule has 0 aromatic carbocycles. The maximum absolute atomic E-state index is 13.2. The molecule has 30 heavy (non-hydrogen) atoms. The third kappa shape index (κ3) is 4.18. The van der Waals surface area contributed by atoms with Crippen LogP contribution in [0.1, 0.15) is 58.3 Å². The van der Waals surface area contributed by atoms with E-state index < -0.39 is 0 Å². The standard InChI is InChI=1S/C23H38N4O3/c1-3-13-26-20-7-5-6-8-21(20)27(22(26)28)19-11-14-24(15-12-19)18-9-16-25(17-10-18)23(29)30-4-2/h3,18-21H,1,4-17H2,2H3/t20-,21-/m0/s1. The van der Waals surface area contributed by atoms with Gasteiger partial charge in [-0.25, -0.2) is 9.59 Å². The lowest BCUT2D eigenvalue weighted by Gasteiger charge is -2.44. The number of carbonyl (C=O) groups excluding carboxylic acids is 2. The quantitative estimate of drug-likeness (QED) is 0.643. The smallest absolute Gasteiger partial charge is 0.409 e. The van der Waals surface area contributed by atoms with E-state index in [1.54, 1.807) is 0 Å². The highest BCUT2D eigenvalue weighted by atomic mass is 16.6. The monoisotopic (exact) mass is 418 g/mol. The van der Waals surface area contributed by atoms with Gasteiger partial charge in [-0.15, -0.1) is 6.58 Å². The third-order valence-electron chi connectivity index (χ3n) is 7.64. The summed E-state index contributed by atoms with van der Waals surface area (Å²) in [7, 11) is 0. The minimum absolute atomic E-state index is 0.173. The number of ether oxygens (including phenoxy) is 1. The van der Waals surface area contributed by atoms with Gasteiger partial charge in [-0.1, -0.05) is 18.9 Å². The first-order valence-electron chi connectivity index (χ1n) is 12.0. The molecule has 7 nitrogen and oxygen atoms in total. The van der Waals surface area contributed by atoms with Crippen molar-refractivity contribution < 1.29 is 14.3 Å². The van der Waals surface area contributed by atoms with Crippen molar-refractivity contribution in [3.63, 3.8) is 0 Å². The van der Waals surface area contributed by atoms with Crippen LogP contribution in [0.2, 0.25) is 0 Å². The summed E-state index contributed by atoms with van der Waals surface area (Å²) in [6, 6.07) is 1.94. The number of piperidine rings is 2. The van der Waals surface area contributed by atoms with Gasteiger partial charge in [-0.05, 0) is 45.4 Å². The average molecular weight is 419 g/mol. The molecule has 168 valence electrons. The largest absolute Gasteiger partial charge is 0.450 e. The Morgan fingerprint density at radius 3 is 2.27 bits per heavy atom. The summed E-state index contributed by atoms with van der Waals surface area (Å²) in [4.78, 5) is 33.9. The molecule has 4 rings (SSSR count). The van der Waals surface area contributed by atoms with Crippen molar-refractivity contribution in [2.45, 2.75) is 82.5 Å². The SMILES string of the molecule is C=CCN1C(=O)N(C2CCN(C3CCN(C(=O)OCC)CC3)CC2)[C@H]2CCCC[C@@H]21. The van der Waals surface area contributed by atoms with Gasteiger partial charge < -0.3 is 24.3 Å². The summed E-state index contributed by atoms with van der Waals surface area (Å²) < 4.78 is 5.14. The number of nitrogens with zero attached hydrogens (tertiary/aromatic N) is 4. The van der Waals surface area contributed by atoms with E-state index in [1.807, 2.05) is 17.9 Å². The molecule has 0 radical (unpaired) electrons. The van der Waals surface area contributed by atoms with Gasteiger partial charge in [-0.2, -0.15) is 0 Å². The van der Waals surface area contributed by atoms with E-state index in [-0.39, 0.29) is 12.1 Å². The topological polar surface area (TPSA) is 56.3 Å². The molecular weight excluding hydrogens is 380 g/mol. The number of urea groups is 1. The lowest BCUT2D eigenvalue weighted by Crippen LogP contribution is -2.53. The van der Waals surface area contributed by atoms with Crippen LogP contribution in [-0.2, 0) is 4.74 Å². The first-order valence-corrected chi connectivity index (χ1v) is 12.0. The van der Waals surface area contributed by atoms with Crippen LogP contribution in [0.4, 0.5) is 9.59 Å². The Morgan fingerprint density at radius 1 is 1.00 bits per heavy atom. The molecule has 0 unspecified atom stereocenters. The summed E-state index contributed by atoms with van der Waals surface area (Å²) in [5, 5.41) is 0. The van der Waals surface area contributed by atoms with Gasteiger partial charge in [0.1, 0.15) is 0 Å². The Labute approximate surface area is 181 Å². The van der Waals surface area contributed by atoms with E-state index in [2.05, 4.69) is 21.3 Å². The number of hydrogen-bond acceptors (Lipinski definition) is 4. The predicted octanol–water partition coefficient (Wildman–Crippen LogP) is 3.31. The Hall–Kier alpha value is -1.76. The van der Waals surface area contributed by atoms with E-state index in [0.717, 1.165) is 64.7 Å². The van der Waals surface area contributed by atoms with Crippen LogP contribution < -0.4 is 0 Å². The molecular formula is C23H38N4O3. The minimum atomic E-state index is -0.173. The molecule has 3 heterocycles. The summed E-state index contributed by atoms with van der Waals surface area (Å²) >= 11 is 0. The second-order valence-corrected chi connectivity index (χ2v) is 9.23. The van der Waals surface area contributed by atoms with Crippen molar-refractivity contribution in [2.24, 2.45) is 0 Å². The molecule has 3 aliphatic heterocycles. The summed E-state index contributed by atoms with van der Waals surface area (Å²) in [5.74, 6) is 0. The van der Waals surface area contributed by atoms with Gasteiger partial charge in [0.25, 0.3) is 0 Å². The van der Waals surface area contributed by atoms with Gasteiger partial charge in [0.2, 0.25) is 0 Å². The Balaban J connectivity index is 1.31. The normalized spacial score (nSPS) is 29.2. The number of hydrogen-bond donors (Lipinski definition) is 0. The Bertz CT molecular complexity index is 626. The second-order valence-electron chi connectivity index (χ2n) is 9.23.